The first kappa shape index (κ1) is 23.7. The van der Waals surface area contributed by atoms with Gasteiger partial charge in [0.25, 0.3) is 5.91 Å². The molecule has 3 N–H and O–H groups in total. The van der Waals surface area contributed by atoms with E-state index in [0.29, 0.717) is 46.7 Å². The molecule has 0 bridgehead atoms. The number of hydrogen-bond donors (Lipinski definition) is 3. The number of hydrazine groups is 1. The van der Waals surface area contributed by atoms with Crippen molar-refractivity contribution in [1.82, 2.24) is 16.2 Å². The Kier molecular flexibility index (Phi) is 9.66. The van der Waals surface area contributed by atoms with Gasteiger partial charge in [-0.05, 0) is 55.9 Å². The van der Waals surface area contributed by atoms with Gasteiger partial charge in [0.15, 0.2) is 5.11 Å². The highest BCUT2D eigenvalue weighted by atomic mass is 35.5. The van der Waals surface area contributed by atoms with Gasteiger partial charge in [0.05, 0.1) is 23.8 Å². The maximum absolute atomic E-state index is 12.3. The van der Waals surface area contributed by atoms with Crippen molar-refractivity contribution in [2.24, 2.45) is 0 Å². The maximum Gasteiger partial charge on any atom is 0.261 e. The van der Waals surface area contributed by atoms with Gasteiger partial charge < -0.3 is 9.47 Å². The molecule has 0 aliphatic carbocycles. The number of thiocarbonyl (C=S) groups is 1. The van der Waals surface area contributed by atoms with Gasteiger partial charge in [0.1, 0.15) is 11.5 Å². The summed E-state index contributed by atoms with van der Waals surface area (Å²) in [6.07, 6.45) is 0.634. The van der Waals surface area contributed by atoms with Crippen molar-refractivity contribution in [2.45, 2.75) is 19.8 Å². The Morgan fingerprint density at radius 2 is 1.80 bits per heavy atom. The van der Waals surface area contributed by atoms with Gasteiger partial charge in [-0.15, -0.1) is 0 Å². The molecule has 160 valence electrons. The predicted molar refractivity (Wildman–Crippen MR) is 120 cm³/mol. The number of benzene rings is 2. The first-order chi connectivity index (χ1) is 14.4. The molecule has 7 nitrogen and oxygen atoms in total. The third-order valence-electron chi connectivity index (χ3n) is 3.67. The summed E-state index contributed by atoms with van der Waals surface area (Å²) in [7, 11) is 0. The van der Waals surface area contributed by atoms with Crippen LogP contribution in [0.5, 0.6) is 11.5 Å². The van der Waals surface area contributed by atoms with Crippen molar-refractivity contribution in [3.05, 3.63) is 58.1 Å². The average Bonchev–Trinajstić information content (AvgIpc) is 2.71. The van der Waals surface area contributed by atoms with Crippen LogP contribution in [0.3, 0.4) is 0 Å². The molecule has 0 unspecified atom stereocenters. The van der Waals surface area contributed by atoms with Crippen LogP contribution in [0.2, 0.25) is 10.0 Å². The molecule has 0 aliphatic rings. The lowest BCUT2D eigenvalue weighted by Crippen LogP contribution is -2.48. The predicted octanol–water partition coefficient (Wildman–Crippen LogP) is 3.89. The molecule has 30 heavy (non-hydrogen) atoms. The number of nitrogens with one attached hydrogen (secondary N) is 3. The molecule has 0 spiro atoms. The highest BCUT2D eigenvalue weighted by Crippen LogP contribution is 2.27. The summed E-state index contributed by atoms with van der Waals surface area (Å²) in [5, 5.41) is 3.37. The Morgan fingerprint density at radius 3 is 2.53 bits per heavy atom. The smallest absolute Gasteiger partial charge is 0.261 e. The Labute approximate surface area is 190 Å². The van der Waals surface area contributed by atoms with Crippen molar-refractivity contribution >= 4 is 52.3 Å². The van der Waals surface area contributed by atoms with E-state index >= 15 is 0 Å². The molecule has 0 heterocycles. The Morgan fingerprint density at radius 1 is 1.03 bits per heavy atom. The molecule has 0 fully saturated rings. The number of ether oxygens (including phenoxy) is 2. The average molecular weight is 470 g/mol. The standard InChI is InChI=1S/C20H21Cl2N3O4S/c1-2-28-16-7-4-3-6-14(16)19(27)23-20(30)25-24-18(26)8-5-11-29-17-10-9-13(21)12-15(17)22/h3-4,6-7,9-10,12H,2,5,8,11H2,1H3,(H,24,26)(H2,23,25,27,30). The highest BCUT2D eigenvalue weighted by molar-refractivity contribution is 7.80. The molecule has 2 rings (SSSR count). The SMILES string of the molecule is CCOc1ccccc1C(=O)NC(=S)NNC(=O)CCCOc1ccc(Cl)cc1Cl. The topological polar surface area (TPSA) is 88.7 Å². The lowest BCUT2D eigenvalue weighted by atomic mass is 10.2. The summed E-state index contributed by atoms with van der Waals surface area (Å²) < 4.78 is 10.9. The van der Waals surface area contributed by atoms with Crippen LogP contribution in [-0.4, -0.2) is 30.1 Å². The van der Waals surface area contributed by atoms with Crippen LogP contribution in [0.4, 0.5) is 0 Å². The minimum atomic E-state index is -0.445. The molecule has 0 aromatic heterocycles. The number of carbonyl (C=O) groups excluding carboxylic acids is 2. The molecule has 0 radical (unpaired) electrons. The fourth-order valence-corrected chi connectivity index (χ4v) is 2.94. The monoisotopic (exact) mass is 469 g/mol. The molecule has 2 amide bonds. The summed E-state index contributed by atoms with van der Waals surface area (Å²) in [6, 6.07) is 11.7. The van der Waals surface area contributed by atoms with Crippen molar-refractivity contribution in [3.63, 3.8) is 0 Å². The van der Waals surface area contributed by atoms with Gasteiger partial charge >= 0.3 is 0 Å². The molecule has 0 saturated carbocycles. The Hall–Kier alpha value is -2.55. The third kappa shape index (κ3) is 7.70. The zero-order valence-corrected chi connectivity index (χ0v) is 18.5. The summed E-state index contributed by atoms with van der Waals surface area (Å²) >= 11 is 16.9. The minimum Gasteiger partial charge on any atom is -0.493 e. The van der Waals surface area contributed by atoms with Gasteiger partial charge in [-0.2, -0.15) is 0 Å². The van der Waals surface area contributed by atoms with Crippen LogP contribution in [0.25, 0.3) is 0 Å². The fraction of sp³-hybridized carbons (Fsp3) is 0.250. The van der Waals surface area contributed by atoms with Crippen molar-refractivity contribution < 1.29 is 19.1 Å². The number of carbonyl (C=O) groups is 2. The second-order valence-electron chi connectivity index (χ2n) is 5.91. The zero-order chi connectivity index (χ0) is 21.9. The van der Waals surface area contributed by atoms with Crippen molar-refractivity contribution in [2.75, 3.05) is 13.2 Å². The number of halogens is 2. The lowest BCUT2D eigenvalue weighted by molar-refractivity contribution is -0.121. The maximum atomic E-state index is 12.3. The van der Waals surface area contributed by atoms with Crippen LogP contribution in [-0.2, 0) is 4.79 Å². The van der Waals surface area contributed by atoms with Gasteiger partial charge in [0.2, 0.25) is 5.91 Å². The zero-order valence-electron chi connectivity index (χ0n) is 16.2. The summed E-state index contributed by atoms with van der Waals surface area (Å²) in [5.74, 6) is 0.187. The van der Waals surface area contributed by atoms with Crippen molar-refractivity contribution in [3.8, 4) is 11.5 Å². The second-order valence-corrected chi connectivity index (χ2v) is 7.16. The van der Waals surface area contributed by atoms with Crippen molar-refractivity contribution in [1.29, 1.82) is 0 Å². The molecule has 0 aliphatic heterocycles. The van der Waals surface area contributed by atoms with Gasteiger partial charge in [-0.25, -0.2) is 0 Å². The Bertz CT molecular complexity index is 911. The fourth-order valence-electron chi connectivity index (χ4n) is 2.33. The minimum absolute atomic E-state index is 0.0381. The van der Waals surface area contributed by atoms with Gasteiger partial charge in [0, 0.05) is 11.4 Å². The van der Waals surface area contributed by atoms with E-state index in [-0.39, 0.29) is 17.4 Å². The third-order valence-corrected chi connectivity index (χ3v) is 4.41. The van der Waals surface area contributed by atoms with E-state index in [2.05, 4.69) is 16.2 Å². The van der Waals surface area contributed by atoms with E-state index in [1.165, 1.54) is 0 Å². The number of amides is 2. The number of para-hydroxylation sites is 1. The van der Waals surface area contributed by atoms with Crippen LogP contribution in [0.1, 0.15) is 30.1 Å². The quantitative estimate of drug-likeness (QED) is 0.308. The summed E-state index contributed by atoms with van der Waals surface area (Å²) in [6.45, 7) is 2.55. The second kappa shape index (κ2) is 12.2. The van der Waals surface area contributed by atoms with Gasteiger partial charge in [-0.1, -0.05) is 35.3 Å². The molecule has 0 atom stereocenters. The summed E-state index contributed by atoms with van der Waals surface area (Å²) in [5.41, 5.74) is 5.25. The van der Waals surface area contributed by atoms with E-state index in [1.54, 1.807) is 42.5 Å². The molecule has 2 aromatic rings. The first-order valence-electron chi connectivity index (χ1n) is 9.10. The molecule has 0 saturated heterocycles. The number of hydrogen-bond acceptors (Lipinski definition) is 5. The van der Waals surface area contributed by atoms with Crippen LogP contribution < -0.4 is 25.6 Å². The molecular weight excluding hydrogens is 449 g/mol. The Balaban J connectivity index is 1.69. The first-order valence-corrected chi connectivity index (χ1v) is 10.3. The number of rotatable bonds is 8. The highest BCUT2D eigenvalue weighted by Gasteiger charge is 2.13. The normalized spacial score (nSPS) is 10.1. The van der Waals surface area contributed by atoms with Crippen LogP contribution in [0.15, 0.2) is 42.5 Å². The largest absolute Gasteiger partial charge is 0.493 e. The van der Waals surface area contributed by atoms with E-state index < -0.39 is 5.91 Å². The lowest BCUT2D eigenvalue weighted by Gasteiger charge is -2.13. The van der Waals surface area contributed by atoms with E-state index in [1.807, 2.05) is 6.92 Å². The van der Waals surface area contributed by atoms with E-state index in [0.717, 1.165) is 0 Å². The summed E-state index contributed by atoms with van der Waals surface area (Å²) in [4.78, 5) is 24.2. The van der Waals surface area contributed by atoms with E-state index in [9.17, 15) is 9.59 Å². The van der Waals surface area contributed by atoms with E-state index in [4.69, 9.17) is 44.9 Å². The molecular formula is C20H21Cl2N3O4S. The van der Waals surface area contributed by atoms with Crippen LogP contribution in [0, 0.1) is 0 Å². The molecule has 10 heteroatoms. The molecule has 2 aromatic carbocycles. The van der Waals surface area contributed by atoms with Crippen LogP contribution >= 0.6 is 35.4 Å². The van der Waals surface area contributed by atoms with Gasteiger partial charge in [-0.3, -0.25) is 25.8 Å².